The predicted molar refractivity (Wildman–Crippen MR) is 64.5 cm³/mol. The molecule has 1 aromatic carbocycles. The van der Waals surface area contributed by atoms with Gasteiger partial charge in [0, 0.05) is 6.20 Å². The predicted octanol–water partition coefficient (Wildman–Crippen LogP) is 2.36. The summed E-state index contributed by atoms with van der Waals surface area (Å²) in [5.74, 6) is 0. The maximum atomic E-state index is 11.2. The van der Waals surface area contributed by atoms with E-state index >= 15 is 0 Å². The van der Waals surface area contributed by atoms with Gasteiger partial charge in [0.25, 0.3) is 0 Å². The van der Waals surface area contributed by atoms with Gasteiger partial charge in [-0.1, -0.05) is 17.2 Å². The molecule has 0 saturated carbocycles. The van der Waals surface area contributed by atoms with Gasteiger partial charge in [-0.25, -0.2) is 9.78 Å². The van der Waals surface area contributed by atoms with Gasteiger partial charge in [-0.3, -0.25) is 0 Å². The molecular weight excluding hydrogens is 200 g/mol. The summed E-state index contributed by atoms with van der Waals surface area (Å²) in [6.45, 7) is 6.03. The fourth-order valence-corrected chi connectivity index (χ4v) is 1.88. The normalized spacial score (nSPS) is 10.4. The van der Waals surface area contributed by atoms with E-state index in [1.54, 1.807) is 6.20 Å². The van der Waals surface area contributed by atoms with Gasteiger partial charge in [0.15, 0.2) is 0 Å². The summed E-state index contributed by atoms with van der Waals surface area (Å²) >= 11 is 0. The molecule has 0 aliphatic heterocycles. The second kappa shape index (κ2) is 3.93. The largest absolute Gasteiger partial charge is 0.345 e. The first kappa shape index (κ1) is 10.6. The van der Waals surface area contributed by atoms with Crippen LogP contribution in [0.4, 0.5) is 0 Å². The zero-order valence-electron chi connectivity index (χ0n) is 9.66. The van der Waals surface area contributed by atoms with Crippen LogP contribution >= 0.6 is 0 Å². The zero-order valence-corrected chi connectivity index (χ0v) is 9.66. The Bertz CT molecular complexity index is 564. The quantitative estimate of drug-likeness (QED) is 0.792. The average Bonchev–Trinajstić information content (AvgIpc) is 2.20. The smallest absolute Gasteiger partial charge is 0.305 e. The number of nitrogens with one attached hydrogen (secondary N) is 1. The number of aryl methyl sites for hydroxylation is 3. The maximum absolute atomic E-state index is 11.2. The second-order valence-corrected chi connectivity index (χ2v) is 4.12. The van der Waals surface area contributed by atoms with Crippen LogP contribution in [0.15, 0.2) is 29.2 Å². The Kier molecular flexibility index (Phi) is 2.60. The highest BCUT2D eigenvalue weighted by molar-refractivity contribution is 5.63. The number of nitrogens with zero attached hydrogens (tertiary/aromatic N) is 1. The van der Waals surface area contributed by atoms with Crippen LogP contribution in [0.3, 0.4) is 0 Å². The van der Waals surface area contributed by atoms with Crippen LogP contribution in [0.25, 0.3) is 11.3 Å². The zero-order chi connectivity index (χ0) is 11.7. The van der Waals surface area contributed by atoms with Gasteiger partial charge in [0.05, 0.1) is 5.69 Å². The third kappa shape index (κ3) is 2.03. The van der Waals surface area contributed by atoms with Crippen molar-refractivity contribution < 1.29 is 0 Å². The van der Waals surface area contributed by atoms with Crippen molar-refractivity contribution in [2.24, 2.45) is 0 Å². The van der Waals surface area contributed by atoms with Crippen molar-refractivity contribution in [3.63, 3.8) is 0 Å². The Hall–Kier alpha value is -1.90. The molecule has 2 rings (SSSR count). The minimum atomic E-state index is -0.306. The van der Waals surface area contributed by atoms with Gasteiger partial charge < -0.3 is 4.98 Å². The summed E-state index contributed by atoms with van der Waals surface area (Å²) in [5.41, 5.74) is 4.93. The third-order valence-corrected chi connectivity index (χ3v) is 2.51. The van der Waals surface area contributed by atoms with Crippen molar-refractivity contribution in [3.05, 3.63) is 51.6 Å². The lowest BCUT2D eigenvalue weighted by molar-refractivity contribution is 1.05. The molecule has 82 valence electrons. The van der Waals surface area contributed by atoms with E-state index in [9.17, 15) is 4.79 Å². The van der Waals surface area contributed by atoms with E-state index < -0.39 is 0 Å². The molecule has 0 atom stereocenters. The first-order chi connectivity index (χ1) is 7.56. The van der Waals surface area contributed by atoms with Gasteiger partial charge in [-0.15, -0.1) is 0 Å². The number of hydrogen-bond donors (Lipinski definition) is 1. The van der Waals surface area contributed by atoms with E-state index in [0.29, 0.717) is 0 Å². The number of rotatable bonds is 1. The van der Waals surface area contributed by atoms with Crippen LogP contribution in [0, 0.1) is 20.8 Å². The highest BCUT2D eigenvalue weighted by atomic mass is 16.1. The Morgan fingerprint density at radius 2 is 1.69 bits per heavy atom. The average molecular weight is 214 g/mol. The Morgan fingerprint density at radius 1 is 1.06 bits per heavy atom. The minimum absolute atomic E-state index is 0.306. The molecule has 0 radical (unpaired) electrons. The van der Waals surface area contributed by atoms with Gasteiger partial charge >= 0.3 is 5.69 Å². The van der Waals surface area contributed by atoms with Gasteiger partial charge in [0.2, 0.25) is 0 Å². The monoisotopic (exact) mass is 214 g/mol. The molecule has 16 heavy (non-hydrogen) atoms. The van der Waals surface area contributed by atoms with E-state index in [0.717, 1.165) is 16.8 Å². The number of aromatic nitrogens is 2. The van der Waals surface area contributed by atoms with Crippen molar-refractivity contribution in [1.82, 2.24) is 9.97 Å². The first-order valence-corrected chi connectivity index (χ1v) is 5.21. The van der Waals surface area contributed by atoms with E-state index in [4.69, 9.17) is 0 Å². The van der Waals surface area contributed by atoms with Crippen LogP contribution in [-0.2, 0) is 0 Å². The molecule has 1 heterocycles. The van der Waals surface area contributed by atoms with Crippen LogP contribution in [-0.4, -0.2) is 9.97 Å². The van der Waals surface area contributed by atoms with Gasteiger partial charge in [0.1, 0.15) is 0 Å². The number of aromatic amines is 1. The highest BCUT2D eigenvalue weighted by Gasteiger charge is 2.04. The third-order valence-electron chi connectivity index (χ3n) is 2.51. The van der Waals surface area contributed by atoms with Crippen LogP contribution < -0.4 is 5.69 Å². The van der Waals surface area contributed by atoms with Crippen LogP contribution in [0.2, 0.25) is 0 Å². The lowest BCUT2D eigenvalue weighted by Gasteiger charge is -2.07. The van der Waals surface area contributed by atoms with Crippen molar-refractivity contribution >= 4 is 0 Å². The molecule has 0 saturated heterocycles. The van der Waals surface area contributed by atoms with Gasteiger partial charge in [-0.2, -0.15) is 0 Å². The van der Waals surface area contributed by atoms with E-state index in [1.165, 1.54) is 11.1 Å². The second-order valence-electron chi connectivity index (χ2n) is 4.12. The fraction of sp³-hybridized carbons (Fsp3) is 0.231. The van der Waals surface area contributed by atoms with Crippen molar-refractivity contribution in [2.45, 2.75) is 20.8 Å². The molecule has 3 heteroatoms. The van der Waals surface area contributed by atoms with Gasteiger partial charge in [-0.05, 0) is 44.0 Å². The highest BCUT2D eigenvalue weighted by Crippen LogP contribution is 2.21. The molecule has 0 aliphatic carbocycles. The van der Waals surface area contributed by atoms with Crippen LogP contribution in [0.1, 0.15) is 16.7 Å². The van der Waals surface area contributed by atoms with E-state index in [1.807, 2.05) is 20.8 Å². The maximum Gasteiger partial charge on any atom is 0.345 e. The van der Waals surface area contributed by atoms with Crippen molar-refractivity contribution in [2.75, 3.05) is 0 Å². The minimum Gasteiger partial charge on any atom is -0.305 e. The molecule has 1 N–H and O–H groups in total. The lowest BCUT2D eigenvalue weighted by atomic mass is 10.0. The Balaban J connectivity index is 2.66. The van der Waals surface area contributed by atoms with Crippen LogP contribution in [0.5, 0.6) is 0 Å². The summed E-state index contributed by atoms with van der Waals surface area (Å²) in [4.78, 5) is 17.7. The first-order valence-electron chi connectivity index (χ1n) is 5.21. The topological polar surface area (TPSA) is 45.8 Å². The summed E-state index contributed by atoms with van der Waals surface area (Å²) in [5, 5.41) is 0. The summed E-state index contributed by atoms with van der Waals surface area (Å²) < 4.78 is 0. The molecule has 0 bridgehead atoms. The number of hydrogen-bond acceptors (Lipinski definition) is 2. The molecular formula is C13H14N2O. The molecule has 2 aromatic rings. The van der Waals surface area contributed by atoms with E-state index in [2.05, 4.69) is 28.2 Å². The number of H-pyrrole nitrogens is 1. The molecule has 0 fully saturated rings. The summed E-state index contributed by atoms with van der Waals surface area (Å²) in [7, 11) is 0. The summed E-state index contributed by atoms with van der Waals surface area (Å²) in [6, 6.07) is 6.23. The van der Waals surface area contributed by atoms with Crippen molar-refractivity contribution in [1.29, 1.82) is 0 Å². The molecule has 1 aromatic heterocycles. The Labute approximate surface area is 94.2 Å². The molecule has 0 aliphatic rings. The molecule has 0 unspecified atom stereocenters. The molecule has 0 spiro atoms. The summed E-state index contributed by atoms with van der Waals surface area (Å²) in [6.07, 6.45) is 1.60. The van der Waals surface area contributed by atoms with E-state index in [-0.39, 0.29) is 5.69 Å². The lowest BCUT2D eigenvalue weighted by Crippen LogP contribution is -2.11. The standard InChI is InChI=1S/C13H14N2O/c1-8-4-9(2)6-11(5-8)12-10(3)7-14-13(16)15-12/h4-7H,1-3H3,(H,14,15,16). The molecule has 3 nitrogen and oxygen atoms in total. The Morgan fingerprint density at radius 3 is 2.31 bits per heavy atom. The fourth-order valence-electron chi connectivity index (χ4n) is 1.88. The number of benzene rings is 1. The molecule has 0 amide bonds. The SMILES string of the molecule is Cc1cc(C)cc(-c2[nH]c(=O)ncc2C)c1. The van der Waals surface area contributed by atoms with Crippen molar-refractivity contribution in [3.8, 4) is 11.3 Å².